The fraction of sp³-hybridized carbons (Fsp3) is 0.310. The molecule has 194 valence electrons. The van der Waals surface area contributed by atoms with Gasteiger partial charge in [0.2, 0.25) is 11.8 Å². The Morgan fingerprint density at radius 2 is 1.86 bits per heavy atom. The molecule has 1 saturated heterocycles. The third-order valence-corrected chi connectivity index (χ3v) is 6.51. The van der Waals surface area contributed by atoms with Crippen molar-refractivity contribution in [3.8, 4) is 5.75 Å². The maximum absolute atomic E-state index is 14.4. The van der Waals surface area contributed by atoms with E-state index in [1.54, 1.807) is 18.2 Å². The van der Waals surface area contributed by atoms with E-state index in [1.165, 1.54) is 19.1 Å². The Morgan fingerprint density at radius 1 is 1.11 bits per heavy atom. The van der Waals surface area contributed by atoms with Crippen molar-refractivity contribution < 1.29 is 18.7 Å². The highest BCUT2D eigenvalue weighted by atomic mass is 35.5. The van der Waals surface area contributed by atoms with Gasteiger partial charge in [-0.25, -0.2) is 4.39 Å². The van der Waals surface area contributed by atoms with Crippen molar-refractivity contribution in [1.29, 1.82) is 0 Å². The van der Waals surface area contributed by atoms with Gasteiger partial charge in [-0.3, -0.25) is 9.59 Å². The Hall–Kier alpha value is -3.42. The zero-order chi connectivity index (χ0) is 26.2. The van der Waals surface area contributed by atoms with Crippen LogP contribution in [0.2, 0.25) is 5.02 Å². The lowest BCUT2D eigenvalue weighted by Gasteiger charge is -2.35. The van der Waals surface area contributed by atoms with Gasteiger partial charge >= 0.3 is 0 Å². The normalized spacial score (nSPS) is 16.4. The molecule has 1 aliphatic rings. The van der Waals surface area contributed by atoms with Gasteiger partial charge in [0.15, 0.2) is 0 Å². The quantitative estimate of drug-likeness (QED) is 0.410. The maximum Gasteiger partial charge on any atom is 0.240 e. The summed E-state index contributed by atoms with van der Waals surface area (Å²) in [7, 11) is 0. The molecule has 37 heavy (non-hydrogen) atoms. The van der Waals surface area contributed by atoms with Gasteiger partial charge in [0.05, 0.1) is 6.04 Å². The molecule has 4 rings (SSSR count). The molecule has 2 amide bonds. The number of rotatable bonds is 10. The first-order valence-corrected chi connectivity index (χ1v) is 12.7. The molecule has 1 fully saturated rings. The van der Waals surface area contributed by atoms with Gasteiger partial charge in [0.1, 0.15) is 18.2 Å². The number of nitrogens with zero attached hydrogens (tertiary/aromatic N) is 1. The lowest BCUT2D eigenvalue weighted by atomic mass is 9.97. The molecule has 6 nitrogen and oxygen atoms in total. The first-order chi connectivity index (χ1) is 17.9. The lowest BCUT2D eigenvalue weighted by Crippen LogP contribution is -2.56. The fourth-order valence-corrected chi connectivity index (χ4v) is 4.68. The van der Waals surface area contributed by atoms with E-state index in [0.29, 0.717) is 48.8 Å². The molecule has 1 aliphatic heterocycles. The van der Waals surface area contributed by atoms with Crippen LogP contribution in [0.1, 0.15) is 30.0 Å². The van der Waals surface area contributed by atoms with Gasteiger partial charge in [0, 0.05) is 43.7 Å². The number of benzene rings is 3. The van der Waals surface area contributed by atoms with Crippen molar-refractivity contribution in [2.75, 3.05) is 13.1 Å². The van der Waals surface area contributed by atoms with Crippen LogP contribution in [0, 0.1) is 5.82 Å². The summed E-state index contributed by atoms with van der Waals surface area (Å²) >= 11 is 5.93. The zero-order valence-electron chi connectivity index (χ0n) is 20.8. The van der Waals surface area contributed by atoms with Gasteiger partial charge in [-0.15, -0.1) is 0 Å². The van der Waals surface area contributed by atoms with E-state index in [9.17, 15) is 14.0 Å². The number of amides is 2. The lowest BCUT2D eigenvalue weighted by molar-refractivity contribution is -0.137. The van der Waals surface area contributed by atoms with Crippen molar-refractivity contribution in [2.24, 2.45) is 0 Å². The Labute approximate surface area is 221 Å². The number of carbonyl (C=O) groups excluding carboxylic acids is 2. The van der Waals surface area contributed by atoms with Crippen molar-refractivity contribution in [3.63, 3.8) is 0 Å². The number of hydrogen-bond acceptors (Lipinski definition) is 4. The third-order valence-electron chi connectivity index (χ3n) is 6.26. The van der Waals surface area contributed by atoms with Gasteiger partial charge in [-0.1, -0.05) is 54.1 Å². The number of carbonyl (C=O) groups is 2. The van der Waals surface area contributed by atoms with Crippen molar-refractivity contribution >= 4 is 23.4 Å². The minimum absolute atomic E-state index is 0.00307. The predicted molar refractivity (Wildman–Crippen MR) is 142 cm³/mol. The smallest absolute Gasteiger partial charge is 0.240 e. The molecular weight excluding hydrogens is 493 g/mol. The zero-order valence-corrected chi connectivity index (χ0v) is 21.5. The highest BCUT2D eigenvalue weighted by Crippen LogP contribution is 2.21. The number of hydrogen-bond donors (Lipinski definition) is 2. The number of nitrogens with one attached hydrogen (secondary N) is 2. The van der Waals surface area contributed by atoms with E-state index < -0.39 is 11.9 Å². The summed E-state index contributed by atoms with van der Waals surface area (Å²) in [4.78, 5) is 27.0. The second kappa shape index (κ2) is 12.7. The number of piperazine rings is 1. The van der Waals surface area contributed by atoms with E-state index in [2.05, 4.69) is 10.6 Å². The summed E-state index contributed by atoms with van der Waals surface area (Å²) in [5.74, 6) is -0.236. The maximum atomic E-state index is 14.4. The van der Waals surface area contributed by atoms with Crippen LogP contribution in [0.15, 0.2) is 72.8 Å². The number of halogens is 2. The largest absolute Gasteiger partial charge is 0.489 e. The average Bonchev–Trinajstić information content (AvgIpc) is 2.86. The van der Waals surface area contributed by atoms with Crippen molar-refractivity contribution in [3.05, 3.63) is 100 Å². The Balaban J connectivity index is 1.42. The molecule has 0 aliphatic carbocycles. The topological polar surface area (TPSA) is 70.7 Å². The Kier molecular flexibility index (Phi) is 9.14. The molecule has 2 N–H and O–H groups in total. The fourth-order valence-electron chi connectivity index (χ4n) is 4.56. The highest BCUT2D eigenvalue weighted by molar-refractivity contribution is 6.30. The molecule has 0 radical (unpaired) electrons. The SMILES string of the molecule is CC(=O)N[C@@H](Cc1cc(F)cc(OCc2ccc(Cl)cc2)c1)C[C@@H]1NCCN(Cc2ccccc2)C1=O. The monoisotopic (exact) mass is 523 g/mol. The minimum Gasteiger partial charge on any atom is -0.489 e. The third kappa shape index (κ3) is 8.03. The second-order valence-corrected chi connectivity index (χ2v) is 9.74. The average molecular weight is 524 g/mol. The Bertz CT molecular complexity index is 1210. The molecule has 0 unspecified atom stereocenters. The Morgan fingerprint density at radius 3 is 2.59 bits per heavy atom. The first-order valence-electron chi connectivity index (χ1n) is 12.4. The van der Waals surface area contributed by atoms with Crippen LogP contribution < -0.4 is 15.4 Å². The van der Waals surface area contributed by atoms with Crippen LogP contribution in [0.5, 0.6) is 5.75 Å². The summed E-state index contributed by atoms with van der Waals surface area (Å²) in [5, 5.41) is 6.86. The predicted octanol–water partition coefficient (Wildman–Crippen LogP) is 4.50. The van der Waals surface area contributed by atoms with Crippen LogP contribution in [0.3, 0.4) is 0 Å². The molecule has 0 bridgehead atoms. The van der Waals surface area contributed by atoms with Gasteiger partial charge in [-0.2, -0.15) is 0 Å². The second-order valence-electron chi connectivity index (χ2n) is 9.30. The van der Waals surface area contributed by atoms with Crippen LogP contribution in [-0.2, 0) is 29.2 Å². The molecule has 3 aromatic carbocycles. The van der Waals surface area contributed by atoms with Gasteiger partial charge < -0.3 is 20.3 Å². The molecule has 2 atom stereocenters. The van der Waals surface area contributed by atoms with E-state index in [1.807, 2.05) is 47.4 Å². The van der Waals surface area contributed by atoms with E-state index in [4.69, 9.17) is 16.3 Å². The minimum atomic E-state index is -0.441. The number of ether oxygens (including phenoxy) is 1. The molecule has 0 saturated carbocycles. The van der Waals surface area contributed by atoms with Crippen molar-refractivity contribution in [1.82, 2.24) is 15.5 Å². The summed E-state index contributed by atoms with van der Waals surface area (Å²) in [6.07, 6.45) is 0.750. The van der Waals surface area contributed by atoms with Crippen LogP contribution >= 0.6 is 11.6 Å². The van der Waals surface area contributed by atoms with Gasteiger partial charge in [-0.05, 0) is 53.8 Å². The summed E-state index contributed by atoms with van der Waals surface area (Å²) < 4.78 is 20.3. The summed E-state index contributed by atoms with van der Waals surface area (Å²) in [6.45, 7) is 3.54. The molecule has 3 aromatic rings. The molecule has 1 heterocycles. The van der Waals surface area contributed by atoms with Gasteiger partial charge in [0.25, 0.3) is 0 Å². The summed E-state index contributed by atoms with van der Waals surface area (Å²) in [5.41, 5.74) is 2.66. The van der Waals surface area contributed by atoms with Crippen LogP contribution in [0.4, 0.5) is 4.39 Å². The molecule has 8 heteroatoms. The first kappa shape index (κ1) is 26.6. The van der Waals surface area contributed by atoms with Crippen molar-refractivity contribution in [2.45, 2.75) is 45.0 Å². The van der Waals surface area contributed by atoms with E-state index in [0.717, 1.165) is 11.1 Å². The van der Waals surface area contributed by atoms with Crippen LogP contribution in [0.25, 0.3) is 0 Å². The highest BCUT2D eigenvalue weighted by Gasteiger charge is 2.31. The summed E-state index contributed by atoms with van der Waals surface area (Å²) in [6, 6.07) is 20.9. The van der Waals surface area contributed by atoms with Crippen LogP contribution in [-0.4, -0.2) is 41.9 Å². The molecule has 0 spiro atoms. The molecular formula is C29H31ClFN3O3. The van der Waals surface area contributed by atoms with E-state index >= 15 is 0 Å². The standard InChI is InChI=1S/C29H31ClFN3O3/c1-20(35)33-26(17-28-29(36)34(12-11-32-28)18-21-5-3-2-4-6-21)14-23-13-25(31)16-27(15-23)37-19-22-7-9-24(30)10-8-22/h2-10,13,15-16,26,28,32H,11-12,14,17-19H2,1H3,(H,33,35)/t26-,28-/m0/s1. The molecule has 0 aromatic heterocycles. The van der Waals surface area contributed by atoms with E-state index in [-0.39, 0.29) is 24.5 Å².